The van der Waals surface area contributed by atoms with Gasteiger partial charge >= 0.3 is 0 Å². The van der Waals surface area contributed by atoms with Crippen LogP contribution in [0.5, 0.6) is 11.5 Å². The summed E-state index contributed by atoms with van der Waals surface area (Å²) in [6.07, 6.45) is -0.0162. The molecule has 0 unspecified atom stereocenters. The highest BCUT2D eigenvalue weighted by molar-refractivity contribution is 5.93. The molecule has 0 aromatic heterocycles. The van der Waals surface area contributed by atoms with Gasteiger partial charge in [-0.25, -0.2) is 0 Å². The van der Waals surface area contributed by atoms with E-state index >= 15 is 0 Å². The lowest BCUT2D eigenvalue weighted by Crippen LogP contribution is -2.12. The van der Waals surface area contributed by atoms with Crippen LogP contribution in [0.4, 0.5) is 0 Å². The number of carbonyl (C=O) groups excluding carboxylic acids is 1. The highest BCUT2D eigenvalue weighted by Gasteiger charge is 2.06. The summed E-state index contributed by atoms with van der Waals surface area (Å²) in [4.78, 5) is 10.8. The summed E-state index contributed by atoms with van der Waals surface area (Å²) in [6.45, 7) is 3.71. The van der Waals surface area contributed by atoms with Crippen molar-refractivity contribution in [2.45, 2.75) is 20.0 Å². The van der Waals surface area contributed by atoms with Gasteiger partial charge in [0.1, 0.15) is 11.5 Å². The standard InChI is InChI=1S/C10H13NO3/c1-6(2)14-9-4-7(10(11)13)3-8(12)5-9/h3-6,12H,1-2H3,(H2,11,13). The van der Waals surface area contributed by atoms with Crippen molar-refractivity contribution in [1.29, 1.82) is 0 Å². The monoisotopic (exact) mass is 195 g/mol. The molecule has 0 saturated heterocycles. The van der Waals surface area contributed by atoms with Gasteiger partial charge in [-0.1, -0.05) is 0 Å². The van der Waals surface area contributed by atoms with Crippen LogP contribution < -0.4 is 10.5 Å². The third kappa shape index (κ3) is 2.65. The Bertz CT molecular complexity index is 347. The zero-order chi connectivity index (χ0) is 10.7. The van der Waals surface area contributed by atoms with Crippen molar-refractivity contribution in [2.75, 3.05) is 0 Å². The lowest BCUT2D eigenvalue weighted by atomic mass is 10.2. The van der Waals surface area contributed by atoms with Gasteiger partial charge in [0.15, 0.2) is 0 Å². The number of benzene rings is 1. The van der Waals surface area contributed by atoms with Crippen molar-refractivity contribution in [3.63, 3.8) is 0 Å². The summed E-state index contributed by atoms with van der Waals surface area (Å²) in [5.74, 6) is -0.180. The van der Waals surface area contributed by atoms with Gasteiger partial charge < -0.3 is 15.6 Å². The van der Waals surface area contributed by atoms with E-state index in [0.717, 1.165) is 0 Å². The maximum Gasteiger partial charge on any atom is 0.248 e. The first kappa shape index (κ1) is 10.4. The molecule has 76 valence electrons. The Balaban J connectivity index is 3.01. The minimum absolute atomic E-state index is 0.0162. The highest BCUT2D eigenvalue weighted by Crippen LogP contribution is 2.22. The van der Waals surface area contributed by atoms with E-state index in [-0.39, 0.29) is 17.4 Å². The maximum atomic E-state index is 10.8. The van der Waals surface area contributed by atoms with Crippen LogP contribution in [0.15, 0.2) is 18.2 Å². The quantitative estimate of drug-likeness (QED) is 0.763. The predicted molar refractivity (Wildman–Crippen MR) is 52.4 cm³/mol. The van der Waals surface area contributed by atoms with Crippen LogP contribution in [-0.2, 0) is 0 Å². The zero-order valence-electron chi connectivity index (χ0n) is 8.15. The average Bonchev–Trinajstić information content (AvgIpc) is 2.01. The Morgan fingerprint density at radius 1 is 1.43 bits per heavy atom. The largest absolute Gasteiger partial charge is 0.508 e. The second-order valence-electron chi connectivity index (χ2n) is 3.25. The first-order chi connectivity index (χ1) is 6.49. The van der Waals surface area contributed by atoms with E-state index in [1.165, 1.54) is 18.2 Å². The van der Waals surface area contributed by atoms with Crippen molar-refractivity contribution >= 4 is 5.91 Å². The number of phenolic OH excluding ortho intramolecular Hbond substituents is 1. The van der Waals surface area contributed by atoms with Crippen LogP contribution in [0.2, 0.25) is 0 Å². The Morgan fingerprint density at radius 3 is 2.57 bits per heavy atom. The molecule has 1 rings (SSSR count). The van der Waals surface area contributed by atoms with Crippen molar-refractivity contribution in [1.82, 2.24) is 0 Å². The lowest BCUT2D eigenvalue weighted by Gasteiger charge is -2.10. The molecule has 4 heteroatoms. The molecule has 4 nitrogen and oxygen atoms in total. The molecule has 0 heterocycles. The smallest absolute Gasteiger partial charge is 0.248 e. The second-order valence-corrected chi connectivity index (χ2v) is 3.25. The molecule has 0 fully saturated rings. The van der Waals surface area contributed by atoms with E-state index in [9.17, 15) is 9.90 Å². The van der Waals surface area contributed by atoms with Crippen LogP contribution in [0.25, 0.3) is 0 Å². The summed E-state index contributed by atoms with van der Waals surface area (Å²) >= 11 is 0. The molecule has 0 radical (unpaired) electrons. The summed E-state index contributed by atoms with van der Waals surface area (Å²) in [6, 6.07) is 4.24. The van der Waals surface area contributed by atoms with Gasteiger partial charge in [0.25, 0.3) is 0 Å². The number of rotatable bonds is 3. The third-order valence-corrected chi connectivity index (χ3v) is 1.55. The molecule has 0 atom stereocenters. The minimum atomic E-state index is -0.588. The van der Waals surface area contributed by atoms with Gasteiger partial charge in [0.2, 0.25) is 5.91 Å². The number of phenols is 1. The molecule has 1 aromatic carbocycles. The number of hydrogen-bond donors (Lipinski definition) is 2. The Labute approximate surface area is 82.3 Å². The Hall–Kier alpha value is -1.71. The van der Waals surface area contributed by atoms with E-state index in [0.29, 0.717) is 5.75 Å². The van der Waals surface area contributed by atoms with Crippen LogP contribution in [-0.4, -0.2) is 17.1 Å². The molecular weight excluding hydrogens is 182 g/mol. The number of hydrogen-bond acceptors (Lipinski definition) is 3. The van der Waals surface area contributed by atoms with Crippen molar-refractivity contribution in [3.8, 4) is 11.5 Å². The van der Waals surface area contributed by atoms with Gasteiger partial charge in [0.05, 0.1) is 6.10 Å². The van der Waals surface area contributed by atoms with Crippen LogP contribution in [0.1, 0.15) is 24.2 Å². The van der Waals surface area contributed by atoms with Gasteiger partial charge in [0, 0.05) is 11.6 Å². The van der Waals surface area contributed by atoms with Gasteiger partial charge in [-0.05, 0) is 26.0 Å². The van der Waals surface area contributed by atoms with Crippen molar-refractivity contribution in [3.05, 3.63) is 23.8 Å². The van der Waals surface area contributed by atoms with E-state index < -0.39 is 5.91 Å². The third-order valence-electron chi connectivity index (χ3n) is 1.55. The number of ether oxygens (including phenoxy) is 1. The Kier molecular flexibility index (Phi) is 2.96. The first-order valence-electron chi connectivity index (χ1n) is 4.29. The Morgan fingerprint density at radius 2 is 2.07 bits per heavy atom. The van der Waals surface area contributed by atoms with E-state index in [4.69, 9.17) is 10.5 Å². The topological polar surface area (TPSA) is 72.6 Å². The summed E-state index contributed by atoms with van der Waals surface area (Å²) < 4.78 is 5.32. The molecule has 1 aromatic rings. The van der Waals surface area contributed by atoms with E-state index in [2.05, 4.69) is 0 Å². The maximum absolute atomic E-state index is 10.8. The van der Waals surface area contributed by atoms with Gasteiger partial charge in [-0.15, -0.1) is 0 Å². The van der Waals surface area contributed by atoms with Gasteiger partial charge in [-0.2, -0.15) is 0 Å². The molecule has 14 heavy (non-hydrogen) atoms. The summed E-state index contributed by atoms with van der Waals surface area (Å²) in [5, 5.41) is 9.27. The number of carbonyl (C=O) groups is 1. The zero-order valence-corrected chi connectivity index (χ0v) is 8.15. The summed E-state index contributed by atoms with van der Waals surface area (Å²) in [5.41, 5.74) is 5.31. The lowest BCUT2D eigenvalue weighted by molar-refractivity contribution is 0.0999. The average molecular weight is 195 g/mol. The number of amides is 1. The van der Waals surface area contributed by atoms with Gasteiger partial charge in [-0.3, -0.25) is 4.79 Å². The molecule has 3 N–H and O–H groups in total. The van der Waals surface area contributed by atoms with Crippen molar-refractivity contribution < 1.29 is 14.6 Å². The normalized spacial score (nSPS) is 10.2. The van der Waals surface area contributed by atoms with E-state index in [1.807, 2.05) is 13.8 Å². The summed E-state index contributed by atoms with van der Waals surface area (Å²) in [7, 11) is 0. The molecule has 0 spiro atoms. The molecule has 0 aliphatic rings. The van der Waals surface area contributed by atoms with Crippen LogP contribution >= 0.6 is 0 Å². The number of primary amides is 1. The molecular formula is C10H13NO3. The van der Waals surface area contributed by atoms with Crippen LogP contribution in [0, 0.1) is 0 Å². The minimum Gasteiger partial charge on any atom is -0.508 e. The fourth-order valence-corrected chi connectivity index (χ4v) is 1.07. The molecule has 0 aliphatic carbocycles. The number of aromatic hydroxyl groups is 1. The van der Waals surface area contributed by atoms with Crippen molar-refractivity contribution in [2.24, 2.45) is 5.73 Å². The number of nitrogens with two attached hydrogens (primary N) is 1. The van der Waals surface area contributed by atoms with Crippen LogP contribution in [0.3, 0.4) is 0 Å². The fraction of sp³-hybridized carbons (Fsp3) is 0.300. The highest BCUT2D eigenvalue weighted by atomic mass is 16.5. The molecule has 0 aliphatic heterocycles. The fourth-order valence-electron chi connectivity index (χ4n) is 1.07. The SMILES string of the molecule is CC(C)Oc1cc(O)cc(C(N)=O)c1. The molecule has 0 bridgehead atoms. The molecule has 0 saturated carbocycles. The second kappa shape index (κ2) is 4.00. The molecule has 1 amide bonds. The predicted octanol–water partition coefficient (Wildman–Crippen LogP) is 1.28. The van der Waals surface area contributed by atoms with E-state index in [1.54, 1.807) is 0 Å². The first-order valence-corrected chi connectivity index (χ1v) is 4.29.